The van der Waals surface area contributed by atoms with Crippen molar-refractivity contribution in [2.24, 2.45) is 0 Å². The van der Waals surface area contributed by atoms with Crippen LogP contribution in [0.2, 0.25) is 0 Å². The fraction of sp³-hybridized carbons (Fsp3) is 0.167. The number of benzene rings is 2. The fourth-order valence-electron chi connectivity index (χ4n) is 2.27. The van der Waals surface area contributed by atoms with E-state index in [1.54, 1.807) is 0 Å². The number of nitrogens with zero attached hydrogens (tertiary/aromatic N) is 2. The zero-order valence-electron chi connectivity index (χ0n) is 13.0. The van der Waals surface area contributed by atoms with Gasteiger partial charge in [-0.2, -0.15) is 0 Å². The molecule has 0 bridgehead atoms. The third kappa shape index (κ3) is 4.47. The maximum atomic E-state index is 12.3. The predicted octanol–water partition coefficient (Wildman–Crippen LogP) is 3.23. The van der Waals surface area contributed by atoms with Crippen LogP contribution in [0.15, 0.2) is 66.9 Å². The van der Waals surface area contributed by atoms with Crippen molar-refractivity contribution >= 4 is 17.4 Å². The van der Waals surface area contributed by atoms with E-state index in [1.165, 1.54) is 6.20 Å². The summed E-state index contributed by atoms with van der Waals surface area (Å²) in [5.41, 5.74) is 2.10. The monoisotopic (exact) mass is 339 g/mol. The number of carbonyl (C=O) groups is 1. The number of hydrogen-bond acceptors (Lipinski definition) is 5. The summed E-state index contributed by atoms with van der Waals surface area (Å²) in [6.07, 6.45) is 1.47. The second-order valence-corrected chi connectivity index (χ2v) is 6.00. The first kappa shape index (κ1) is 16.3. The summed E-state index contributed by atoms with van der Waals surface area (Å²) >= 11 is 1.07. The molecule has 0 saturated carbocycles. The van der Waals surface area contributed by atoms with Gasteiger partial charge in [-0.25, -0.2) is 0 Å². The molecule has 6 heteroatoms. The molecule has 0 fully saturated rings. The molecule has 0 unspecified atom stereocenters. The first-order valence-electron chi connectivity index (χ1n) is 7.58. The minimum absolute atomic E-state index is 0.192. The van der Waals surface area contributed by atoms with E-state index in [4.69, 9.17) is 4.74 Å². The van der Waals surface area contributed by atoms with Gasteiger partial charge in [0.05, 0.1) is 25.5 Å². The normalized spacial score (nSPS) is 11.8. The first-order valence-corrected chi connectivity index (χ1v) is 8.35. The van der Waals surface area contributed by atoms with E-state index in [2.05, 4.69) is 14.9 Å². The maximum absolute atomic E-state index is 12.3. The van der Waals surface area contributed by atoms with E-state index in [9.17, 15) is 4.79 Å². The average molecular weight is 339 g/mol. The van der Waals surface area contributed by atoms with Crippen molar-refractivity contribution in [3.63, 3.8) is 0 Å². The van der Waals surface area contributed by atoms with Crippen molar-refractivity contribution in [2.75, 3.05) is 6.61 Å². The molecule has 122 valence electrons. The summed E-state index contributed by atoms with van der Waals surface area (Å²) in [5, 5.41) is 6.69. The second-order valence-electron chi connectivity index (χ2n) is 5.22. The molecule has 2 aromatic carbocycles. The molecule has 3 aromatic rings. The molecule has 0 saturated heterocycles. The van der Waals surface area contributed by atoms with E-state index in [0.717, 1.165) is 22.7 Å². The Morgan fingerprint density at radius 1 is 1.08 bits per heavy atom. The lowest BCUT2D eigenvalue weighted by atomic mass is 10.1. The highest BCUT2D eigenvalue weighted by Gasteiger charge is 2.17. The Balaban J connectivity index is 1.65. The standard InChI is InChI=1S/C18H17N3O2S/c22-18(17-11-19-21-24-17)20-16(15-9-5-2-6-10-15)13-23-12-14-7-3-1-4-8-14/h1-11,16H,12-13H2,(H,20,22)/t16-/m1/s1. The van der Waals surface area contributed by atoms with Crippen molar-refractivity contribution in [3.8, 4) is 0 Å². The minimum atomic E-state index is -0.232. The van der Waals surface area contributed by atoms with Gasteiger partial charge >= 0.3 is 0 Å². The van der Waals surface area contributed by atoms with Crippen molar-refractivity contribution < 1.29 is 9.53 Å². The fourth-order valence-corrected chi connectivity index (χ4v) is 2.69. The summed E-state index contributed by atoms with van der Waals surface area (Å²) in [5.74, 6) is -0.192. The third-order valence-corrected chi connectivity index (χ3v) is 4.15. The van der Waals surface area contributed by atoms with Crippen LogP contribution in [0, 0.1) is 0 Å². The van der Waals surface area contributed by atoms with E-state index in [1.807, 2.05) is 60.7 Å². The average Bonchev–Trinajstić information content (AvgIpc) is 3.17. The molecule has 0 aliphatic rings. The van der Waals surface area contributed by atoms with Gasteiger partial charge in [0.15, 0.2) is 0 Å². The van der Waals surface area contributed by atoms with Crippen LogP contribution >= 0.6 is 11.5 Å². The molecule has 1 heterocycles. The van der Waals surface area contributed by atoms with E-state index < -0.39 is 0 Å². The third-order valence-electron chi connectivity index (χ3n) is 3.49. The summed E-state index contributed by atoms with van der Waals surface area (Å²) in [7, 11) is 0. The lowest BCUT2D eigenvalue weighted by Crippen LogP contribution is -2.31. The summed E-state index contributed by atoms with van der Waals surface area (Å²) < 4.78 is 9.54. The van der Waals surface area contributed by atoms with Crippen LogP contribution in [0.1, 0.15) is 26.8 Å². The zero-order chi connectivity index (χ0) is 16.6. The van der Waals surface area contributed by atoms with Gasteiger partial charge in [-0.3, -0.25) is 4.79 Å². The Bertz CT molecular complexity index is 748. The van der Waals surface area contributed by atoms with E-state index in [-0.39, 0.29) is 11.9 Å². The molecule has 1 N–H and O–H groups in total. The molecule has 1 amide bonds. The number of ether oxygens (including phenoxy) is 1. The smallest absolute Gasteiger partial charge is 0.265 e. The van der Waals surface area contributed by atoms with Crippen molar-refractivity contribution in [2.45, 2.75) is 12.6 Å². The molecular weight excluding hydrogens is 322 g/mol. The molecule has 0 radical (unpaired) electrons. The molecule has 3 rings (SSSR count). The van der Waals surface area contributed by atoms with Gasteiger partial charge in [-0.1, -0.05) is 65.2 Å². The number of rotatable bonds is 7. The van der Waals surface area contributed by atoms with Crippen molar-refractivity contribution in [1.82, 2.24) is 14.9 Å². The van der Waals surface area contributed by atoms with Gasteiger partial charge in [0.2, 0.25) is 0 Å². The van der Waals surface area contributed by atoms with Crippen molar-refractivity contribution in [3.05, 3.63) is 82.9 Å². The maximum Gasteiger partial charge on any atom is 0.265 e. The van der Waals surface area contributed by atoms with Crippen LogP contribution in [0.3, 0.4) is 0 Å². The number of hydrogen-bond donors (Lipinski definition) is 1. The van der Waals surface area contributed by atoms with Crippen LogP contribution in [0.5, 0.6) is 0 Å². The second kappa shape index (κ2) is 8.33. The minimum Gasteiger partial charge on any atom is -0.374 e. The summed E-state index contributed by atoms with van der Waals surface area (Å²) in [6, 6.07) is 19.5. The van der Waals surface area contributed by atoms with Gasteiger partial charge in [0.25, 0.3) is 5.91 Å². The molecule has 1 aromatic heterocycles. The van der Waals surface area contributed by atoms with E-state index in [0.29, 0.717) is 18.1 Å². The highest BCUT2D eigenvalue weighted by atomic mass is 32.1. The highest BCUT2D eigenvalue weighted by molar-refractivity contribution is 7.07. The Kier molecular flexibility index (Phi) is 5.65. The Labute approximate surface area is 144 Å². The van der Waals surface area contributed by atoms with Crippen LogP contribution in [0.4, 0.5) is 0 Å². The van der Waals surface area contributed by atoms with Gasteiger partial charge in [0, 0.05) is 0 Å². The molecule has 24 heavy (non-hydrogen) atoms. The molecule has 0 aliphatic carbocycles. The predicted molar refractivity (Wildman–Crippen MR) is 92.7 cm³/mol. The van der Waals surface area contributed by atoms with Gasteiger partial charge in [-0.05, 0) is 22.7 Å². The summed E-state index contributed by atoms with van der Waals surface area (Å²) in [6.45, 7) is 0.888. The quantitative estimate of drug-likeness (QED) is 0.718. The molecule has 5 nitrogen and oxygen atoms in total. The number of aromatic nitrogens is 2. The van der Waals surface area contributed by atoms with Gasteiger partial charge in [0.1, 0.15) is 4.88 Å². The Morgan fingerprint density at radius 3 is 2.46 bits per heavy atom. The SMILES string of the molecule is O=C(N[C@H](COCc1ccccc1)c1ccccc1)c1cnns1. The topological polar surface area (TPSA) is 64.1 Å². The first-order chi connectivity index (χ1) is 11.8. The van der Waals surface area contributed by atoms with Crippen LogP contribution < -0.4 is 5.32 Å². The Morgan fingerprint density at radius 2 is 1.79 bits per heavy atom. The zero-order valence-corrected chi connectivity index (χ0v) is 13.8. The van der Waals surface area contributed by atoms with E-state index >= 15 is 0 Å². The van der Waals surface area contributed by atoms with Crippen LogP contribution in [0.25, 0.3) is 0 Å². The van der Waals surface area contributed by atoms with Crippen molar-refractivity contribution in [1.29, 1.82) is 0 Å². The van der Waals surface area contributed by atoms with Crippen LogP contribution in [-0.2, 0) is 11.3 Å². The lowest BCUT2D eigenvalue weighted by molar-refractivity contribution is 0.0799. The Hall–Kier alpha value is -2.57. The number of nitrogens with one attached hydrogen (secondary N) is 1. The van der Waals surface area contributed by atoms with Gasteiger partial charge < -0.3 is 10.1 Å². The molecule has 0 aliphatic heterocycles. The summed E-state index contributed by atoms with van der Waals surface area (Å²) in [4.78, 5) is 12.8. The number of amides is 1. The molecule has 0 spiro atoms. The number of carbonyl (C=O) groups excluding carboxylic acids is 1. The largest absolute Gasteiger partial charge is 0.374 e. The lowest BCUT2D eigenvalue weighted by Gasteiger charge is -2.19. The van der Waals surface area contributed by atoms with Crippen LogP contribution in [-0.4, -0.2) is 22.1 Å². The molecular formula is C18H17N3O2S. The molecule has 1 atom stereocenters. The van der Waals surface area contributed by atoms with Gasteiger partial charge in [-0.15, -0.1) is 5.10 Å². The highest BCUT2D eigenvalue weighted by Crippen LogP contribution is 2.15.